The summed E-state index contributed by atoms with van der Waals surface area (Å²) in [6.07, 6.45) is 6.33. The van der Waals surface area contributed by atoms with Crippen molar-refractivity contribution in [2.45, 2.75) is 58.5 Å². The molecule has 0 spiro atoms. The summed E-state index contributed by atoms with van der Waals surface area (Å²) in [5.41, 5.74) is 2.85. The van der Waals surface area contributed by atoms with Gasteiger partial charge in [-0.1, -0.05) is 13.8 Å². The summed E-state index contributed by atoms with van der Waals surface area (Å²) in [6.45, 7) is 10.1. The highest BCUT2D eigenvalue weighted by Crippen LogP contribution is 2.32. The van der Waals surface area contributed by atoms with Crippen LogP contribution in [0, 0.1) is 11.8 Å². The molecule has 0 unspecified atom stereocenters. The number of carbonyl (C=O) groups excluding carboxylic acids is 1. The van der Waals surface area contributed by atoms with Gasteiger partial charge in [-0.05, 0) is 37.5 Å². The molecule has 2 fully saturated rings. The monoisotopic (exact) mass is 395 g/mol. The number of nitrogens with zero attached hydrogens (tertiary/aromatic N) is 3. The van der Waals surface area contributed by atoms with Gasteiger partial charge in [-0.15, -0.1) is 12.4 Å². The van der Waals surface area contributed by atoms with E-state index in [4.69, 9.17) is 0 Å². The Morgan fingerprint density at radius 1 is 1.11 bits per heavy atom. The largest absolute Gasteiger partial charge is 0.335 e. The Kier molecular flexibility index (Phi) is 6.82. The second kappa shape index (κ2) is 8.93. The number of halogens is 1. The van der Waals surface area contributed by atoms with E-state index < -0.39 is 0 Å². The van der Waals surface area contributed by atoms with Crippen molar-refractivity contribution in [3.05, 3.63) is 17.0 Å². The second-order valence-electron chi connectivity index (χ2n) is 8.60. The van der Waals surface area contributed by atoms with Crippen LogP contribution >= 0.6 is 12.4 Å². The van der Waals surface area contributed by atoms with Gasteiger partial charge in [0.25, 0.3) is 5.91 Å². The summed E-state index contributed by atoms with van der Waals surface area (Å²) in [7, 11) is 0. The number of fused-ring (bicyclic) bond motifs is 1. The average Bonchev–Trinajstić information content (AvgIpc) is 3.12. The molecule has 0 atom stereocenters. The molecule has 3 aliphatic rings. The molecular weight excluding hydrogens is 362 g/mol. The lowest BCUT2D eigenvalue weighted by molar-refractivity contribution is 0.0472. The Morgan fingerprint density at radius 2 is 1.81 bits per heavy atom. The third kappa shape index (κ3) is 4.33. The average molecular weight is 396 g/mol. The van der Waals surface area contributed by atoms with Crippen LogP contribution in [0.3, 0.4) is 0 Å². The fourth-order valence-electron chi connectivity index (χ4n) is 4.98. The smallest absolute Gasteiger partial charge is 0.274 e. The first-order valence-corrected chi connectivity index (χ1v) is 10.4. The van der Waals surface area contributed by atoms with E-state index in [9.17, 15) is 4.79 Å². The Bertz CT molecular complexity index is 630. The highest BCUT2D eigenvalue weighted by molar-refractivity contribution is 5.94. The minimum absolute atomic E-state index is 0. The highest BCUT2D eigenvalue weighted by Gasteiger charge is 2.32. The van der Waals surface area contributed by atoms with E-state index in [1.165, 1.54) is 25.7 Å². The summed E-state index contributed by atoms with van der Waals surface area (Å²) < 4.78 is 0. The van der Waals surface area contributed by atoms with Crippen LogP contribution in [0.25, 0.3) is 0 Å². The van der Waals surface area contributed by atoms with Crippen molar-refractivity contribution < 1.29 is 4.79 Å². The quantitative estimate of drug-likeness (QED) is 0.825. The number of carbonyl (C=O) groups is 1. The molecule has 0 aromatic carbocycles. The molecule has 3 heterocycles. The number of H-pyrrole nitrogens is 1. The van der Waals surface area contributed by atoms with E-state index in [1.54, 1.807) is 0 Å². The summed E-state index contributed by atoms with van der Waals surface area (Å²) in [6, 6.07) is 0.726. The first-order valence-electron chi connectivity index (χ1n) is 10.4. The van der Waals surface area contributed by atoms with Gasteiger partial charge < -0.3 is 10.2 Å². The SMILES string of the molecule is CC(C)C1CCC(N2CCN(C(=O)c3n[nH]c4c3CNCC4)CC2)CC1.Cl. The minimum Gasteiger partial charge on any atom is -0.335 e. The van der Waals surface area contributed by atoms with Crippen LogP contribution in [0.5, 0.6) is 0 Å². The number of amides is 1. The van der Waals surface area contributed by atoms with Crippen LogP contribution < -0.4 is 5.32 Å². The molecule has 2 N–H and O–H groups in total. The van der Waals surface area contributed by atoms with Gasteiger partial charge in [0.2, 0.25) is 0 Å². The predicted molar refractivity (Wildman–Crippen MR) is 109 cm³/mol. The van der Waals surface area contributed by atoms with E-state index in [-0.39, 0.29) is 18.3 Å². The van der Waals surface area contributed by atoms with Gasteiger partial charge in [0, 0.05) is 63.0 Å². The zero-order valence-electron chi connectivity index (χ0n) is 16.7. The van der Waals surface area contributed by atoms with Gasteiger partial charge >= 0.3 is 0 Å². The topological polar surface area (TPSA) is 64.3 Å². The number of aromatic nitrogens is 2. The number of piperazine rings is 1. The third-order valence-electron chi connectivity index (χ3n) is 6.81. The van der Waals surface area contributed by atoms with Crippen molar-refractivity contribution in [3.8, 4) is 0 Å². The number of rotatable bonds is 3. The molecule has 1 amide bonds. The Labute approximate surface area is 168 Å². The predicted octanol–water partition coefficient (Wildman–Crippen LogP) is 2.45. The van der Waals surface area contributed by atoms with Gasteiger partial charge in [0.1, 0.15) is 0 Å². The van der Waals surface area contributed by atoms with Gasteiger partial charge in [-0.2, -0.15) is 5.10 Å². The molecule has 1 aromatic rings. The zero-order chi connectivity index (χ0) is 18.1. The maximum Gasteiger partial charge on any atom is 0.274 e. The minimum atomic E-state index is 0. The van der Waals surface area contributed by atoms with Gasteiger partial charge in [-0.3, -0.25) is 14.8 Å². The summed E-state index contributed by atoms with van der Waals surface area (Å²) in [5.74, 6) is 1.84. The van der Waals surface area contributed by atoms with Crippen molar-refractivity contribution in [1.82, 2.24) is 25.3 Å². The summed E-state index contributed by atoms with van der Waals surface area (Å²) >= 11 is 0. The maximum atomic E-state index is 12.9. The molecule has 1 aliphatic carbocycles. The molecule has 6 nitrogen and oxygen atoms in total. The van der Waals surface area contributed by atoms with Crippen molar-refractivity contribution in [2.24, 2.45) is 11.8 Å². The number of hydrogen-bond acceptors (Lipinski definition) is 4. The van der Waals surface area contributed by atoms with Crippen LogP contribution in [-0.4, -0.2) is 64.7 Å². The molecule has 0 bridgehead atoms. The van der Waals surface area contributed by atoms with Gasteiger partial charge in [0.15, 0.2) is 5.69 Å². The van der Waals surface area contributed by atoms with Crippen molar-refractivity contribution in [1.29, 1.82) is 0 Å². The lowest BCUT2D eigenvalue weighted by atomic mass is 9.79. The van der Waals surface area contributed by atoms with Crippen molar-refractivity contribution >= 4 is 18.3 Å². The maximum absolute atomic E-state index is 12.9. The lowest BCUT2D eigenvalue weighted by Gasteiger charge is -2.42. The normalized spacial score (nSPS) is 26.6. The molecule has 2 aliphatic heterocycles. The molecule has 1 aromatic heterocycles. The first-order chi connectivity index (χ1) is 12.6. The molecular formula is C20H34ClN5O. The fraction of sp³-hybridized carbons (Fsp3) is 0.800. The van der Waals surface area contributed by atoms with E-state index in [2.05, 4.69) is 34.3 Å². The lowest BCUT2D eigenvalue weighted by Crippen LogP contribution is -2.52. The van der Waals surface area contributed by atoms with Crippen LogP contribution in [0.15, 0.2) is 0 Å². The van der Waals surface area contributed by atoms with Crippen LogP contribution in [0.2, 0.25) is 0 Å². The first kappa shape index (κ1) is 20.6. The van der Waals surface area contributed by atoms with Crippen LogP contribution in [0.4, 0.5) is 0 Å². The standard InChI is InChI=1S/C20H33N5O.ClH/c1-14(2)15-3-5-16(6-4-15)24-9-11-25(12-10-24)20(26)19-17-13-21-8-7-18(17)22-23-19;/h14-16,21H,3-13H2,1-2H3,(H,22,23);1H. The molecule has 27 heavy (non-hydrogen) atoms. The van der Waals surface area contributed by atoms with Crippen LogP contribution in [-0.2, 0) is 13.0 Å². The Morgan fingerprint density at radius 3 is 2.48 bits per heavy atom. The number of aromatic amines is 1. The number of nitrogens with one attached hydrogen (secondary N) is 2. The van der Waals surface area contributed by atoms with Crippen molar-refractivity contribution in [3.63, 3.8) is 0 Å². The second-order valence-corrected chi connectivity index (χ2v) is 8.60. The number of hydrogen-bond donors (Lipinski definition) is 2. The zero-order valence-corrected chi connectivity index (χ0v) is 17.5. The Balaban J connectivity index is 0.00000210. The van der Waals surface area contributed by atoms with E-state index in [0.29, 0.717) is 5.69 Å². The summed E-state index contributed by atoms with van der Waals surface area (Å²) in [5, 5.41) is 10.8. The Hall–Kier alpha value is -1.11. The van der Waals surface area contributed by atoms with Crippen molar-refractivity contribution in [2.75, 3.05) is 32.7 Å². The molecule has 7 heteroatoms. The van der Waals surface area contributed by atoms with Gasteiger partial charge in [0.05, 0.1) is 0 Å². The molecule has 1 saturated carbocycles. The fourth-order valence-corrected chi connectivity index (χ4v) is 4.98. The van der Waals surface area contributed by atoms with E-state index >= 15 is 0 Å². The van der Waals surface area contributed by atoms with Crippen LogP contribution in [0.1, 0.15) is 61.3 Å². The van der Waals surface area contributed by atoms with Gasteiger partial charge in [-0.25, -0.2) is 0 Å². The molecule has 0 radical (unpaired) electrons. The molecule has 4 rings (SSSR count). The third-order valence-corrected chi connectivity index (χ3v) is 6.81. The highest BCUT2D eigenvalue weighted by atomic mass is 35.5. The van der Waals surface area contributed by atoms with E-state index in [1.807, 2.05) is 4.90 Å². The molecule has 1 saturated heterocycles. The van der Waals surface area contributed by atoms with E-state index in [0.717, 1.165) is 74.8 Å². The summed E-state index contributed by atoms with van der Waals surface area (Å²) in [4.78, 5) is 17.6. The molecule has 152 valence electrons.